The van der Waals surface area contributed by atoms with Crippen LogP contribution in [0.5, 0.6) is 34.5 Å². The number of carbonyl (C=O) groups is 3. The normalized spacial score (nSPS) is 12.1. The molecule has 52 heavy (non-hydrogen) atoms. The smallest absolute Gasteiger partial charge is 0.546 e. The highest BCUT2D eigenvalue weighted by Gasteiger charge is 2.52. The zero-order valence-corrected chi connectivity index (χ0v) is 29.9. The molecule has 0 saturated carbocycles. The van der Waals surface area contributed by atoms with Crippen molar-refractivity contribution in [2.45, 2.75) is 39.6 Å². The van der Waals surface area contributed by atoms with E-state index in [9.17, 15) is 29.7 Å². The van der Waals surface area contributed by atoms with Gasteiger partial charge in [0.25, 0.3) is 18.9 Å². The number of para-hydroxylation sites is 6. The topological polar surface area (TPSA) is 195 Å². The van der Waals surface area contributed by atoms with Crippen LogP contribution in [0.15, 0.2) is 109 Å². The lowest BCUT2D eigenvalue weighted by molar-refractivity contribution is -0.175. The molecule has 0 saturated heterocycles. The number of hydrogen-bond donors (Lipinski definition) is 3. The van der Waals surface area contributed by atoms with Gasteiger partial charge in [-0.15, -0.1) is 0 Å². The standard InChI is InChI=1S/3C12H14O5.Al/c3*1-8(2)7-16-9-5-3-4-6-10(9)17-12(15)11(13)14;/h3*3-6,12,15H,1,7H2,2H3,(H,13,14);/q;;;+3/p-3. The van der Waals surface area contributed by atoms with Crippen LogP contribution in [0, 0.1) is 0 Å². The Balaban J connectivity index is 1.78. The van der Waals surface area contributed by atoms with Crippen molar-refractivity contribution in [2.24, 2.45) is 0 Å². The number of aliphatic hydroxyl groups excluding tert-OH is 3. The van der Waals surface area contributed by atoms with E-state index in [1.807, 2.05) is 0 Å². The molecular formula is C36H39AlO15. The summed E-state index contributed by atoms with van der Waals surface area (Å²) in [5.74, 6) is -4.52. The first-order chi connectivity index (χ1) is 24.7. The van der Waals surface area contributed by atoms with Gasteiger partial charge < -0.3 is 55.1 Å². The van der Waals surface area contributed by atoms with Gasteiger partial charge in [0, 0.05) is 0 Å². The highest BCUT2D eigenvalue weighted by molar-refractivity contribution is 6.44. The molecule has 3 N–H and O–H groups in total. The second-order valence-electron chi connectivity index (χ2n) is 11.1. The minimum absolute atomic E-state index is 0.0758. The lowest BCUT2D eigenvalue weighted by atomic mass is 10.3. The van der Waals surface area contributed by atoms with Crippen LogP contribution in [0.25, 0.3) is 0 Å². The number of ether oxygens (including phenoxy) is 6. The monoisotopic (exact) mass is 738 g/mol. The van der Waals surface area contributed by atoms with Crippen LogP contribution in [0.1, 0.15) is 20.8 Å². The molecule has 15 nitrogen and oxygen atoms in total. The van der Waals surface area contributed by atoms with E-state index in [0.29, 0.717) is 16.7 Å². The maximum atomic E-state index is 12.9. The first kappa shape index (κ1) is 40.9. The molecule has 0 aliphatic rings. The molecule has 0 fully saturated rings. The Labute approximate surface area is 305 Å². The average Bonchev–Trinajstić information content (AvgIpc) is 3.10. The number of benzene rings is 3. The summed E-state index contributed by atoms with van der Waals surface area (Å²) in [5.41, 5.74) is 2.03. The summed E-state index contributed by atoms with van der Waals surface area (Å²) in [5, 5.41) is 31.6. The van der Waals surface area contributed by atoms with Crippen LogP contribution in [0.3, 0.4) is 0 Å². The Morgan fingerprint density at radius 3 is 0.962 bits per heavy atom. The molecule has 0 spiro atoms. The molecule has 0 amide bonds. The maximum Gasteiger partial charge on any atom is 1.20 e. The molecule has 3 aromatic carbocycles. The summed E-state index contributed by atoms with van der Waals surface area (Å²) >= 11 is -4.41. The number of hydrogen-bond acceptors (Lipinski definition) is 15. The first-order valence-electron chi connectivity index (χ1n) is 15.5. The van der Waals surface area contributed by atoms with Crippen molar-refractivity contribution in [3.63, 3.8) is 0 Å². The molecule has 3 rings (SSSR count). The highest BCUT2D eigenvalue weighted by Crippen LogP contribution is 2.30. The van der Waals surface area contributed by atoms with E-state index in [4.69, 9.17) is 39.8 Å². The molecule has 0 radical (unpaired) electrons. The molecule has 3 aromatic rings. The van der Waals surface area contributed by atoms with Gasteiger partial charge in [0.2, 0.25) is 0 Å². The quantitative estimate of drug-likeness (QED) is 0.0814. The van der Waals surface area contributed by atoms with Crippen molar-refractivity contribution in [3.05, 3.63) is 109 Å². The maximum absolute atomic E-state index is 12.9. The third-order valence-electron chi connectivity index (χ3n) is 5.93. The van der Waals surface area contributed by atoms with Crippen molar-refractivity contribution in [1.82, 2.24) is 0 Å². The lowest BCUT2D eigenvalue weighted by Gasteiger charge is -2.21. The molecule has 3 atom stereocenters. The minimum Gasteiger partial charge on any atom is -0.546 e. The van der Waals surface area contributed by atoms with Gasteiger partial charge >= 0.3 is 33.1 Å². The van der Waals surface area contributed by atoms with Crippen LogP contribution < -0.4 is 28.4 Å². The molecule has 276 valence electrons. The molecule has 0 aromatic heterocycles. The van der Waals surface area contributed by atoms with Crippen molar-refractivity contribution < 1.29 is 69.5 Å². The van der Waals surface area contributed by atoms with Gasteiger partial charge in [-0.25, -0.2) is 14.4 Å². The average molecular weight is 739 g/mol. The Morgan fingerprint density at radius 2 is 0.731 bits per heavy atom. The van der Waals surface area contributed by atoms with Crippen LogP contribution in [0.2, 0.25) is 0 Å². The summed E-state index contributed by atoms with van der Waals surface area (Å²) in [6.45, 7) is 16.7. The summed E-state index contributed by atoms with van der Waals surface area (Å²) < 4.78 is 47.6. The SMILES string of the molecule is C=C(C)COc1ccccc1OC(O)C(=O)[O][Al]([O]C(=O)C(O)Oc1ccccc1OCC(=C)C)[O]C(=O)C(O)Oc1ccccc1OCC(=C)C. The fraction of sp³-hybridized carbons (Fsp3) is 0.250. The Morgan fingerprint density at radius 1 is 0.500 bits per heavy atom. The van der Waals surface area contributed by atoms with E-state index in [1.165, 1.54) is 54.6 Å². The van der Waals surface area contributed by atoms with Gasteiger partial charge in [0.1, 0.15) is 19.8 Å². The van der Waals surface area contributed by atoms with Crippen molar-refractivity contribution in [3.8, 4) is 34.5 Å². The second-order valence-corrected chi connectivity index (χ2v) is 12.4. The highest BCUT2D eigenvalue weighted by atomic mass is 27.3. The zero-order valence-electron chi connectivity index (χ0n) is 28.7. The minimum atomic E-state index is -4.41. The van der Waals surface area contributed by atoms with E-state index >= 15 is 0 Å². The van der Waals surface area contributed by atoms with Crippen LogP contribution in [-0.2, 0) is 25.7 Å². The Hall–Kier alpha value is -5.50. The largest absolute Gasteiger partial charge is 1.20 e. The van der Waals surface area contributed by atoms with Gasteiger partial charge in [-0.3, -0.25) is 0 Å². The van der Waals surface area contributed by atoms with Gasteiger partial charge in [0.15, 0.2) is 34.5 Å². The lowest BCUT2D eigenvalue weighted by Crippen LogP contribution is -2.44. The molecule has 0 aliphatic carbocycles. The van der Waals surface area contributed by atoms with Crippen molar-refractivity contribution in [2.75, 3.05) is 19.8 Å². The van der Waals surface area contributed by atoms with Crippen molar-refractivity contribution in [1.29, 1.82) is 0 Å². The van der Waals surface area contributed by atoms with Gasteiger partial charge in [-0.2, -0.15) is 0 Å². The van der Waals surface area contributed by atoms with Gasteiger partial charge in [-0.1, -0.05) is 56.1 Å². The fourth-order valence-electron chi connectivity index (χ4n) is 3.64. The van der Waals surface area contributed by atoms with E-state index < -0.39 is 51.9 Å². The third-order valence-corrected chi connectivity index (χ3v) is 7.20. The van der Waals surface area contributed by atoms with Gasteiger partial charge in [0.05, 0.1) is 0 Å². The molecule has 0 heterocycles. The second kappa shape index (κ2) is 20.4. The third kappa shape index (κ3) is 13.7. The molecule has 0 aliphatic heterocycles. The Bertz CT molecular complexity index is 1530. The number of rotatable bonds is 21. The number of aliphatic hydroxyl groups is 3. The van der Waals surface area contributed by atoms with E-state index in [-0.39, 0.29) is 54.3 Å². The van der Waals surface area contributed by atoms with Crippen LogP contribution in [-0.4, -0.2) is 87.1 Å². The zero-order chi connectivity index (χ0) is 38.2. The molecule has 16 heteroatoms. The van der Waals surface area contributed by atoms with Crippen LogP contribution >= 0.6 is 0 Å². The van der Waals surface area contributed by atoms with E-state index in [2.05, 4.69) is 19.7 Å². The Kier molecular flexibility index (Phi) is 16.0. The summed E-state index contributed by atoms with van der Waals surface area (Å²) in [4.78, 5) is 38.8. The van der Waals surface area contributed by atoms with Crippen LogP contribution in [0.4, 0.5) is 0 Å². The number of carbonyl (C=O) groups excluding carboxylic acids is 3. The van der Waals surface area contributed by atoms with Crippen molar-refractivity contribution >= 4 is 33.1 Å². The van der Waals surface area contributed by atoms with E-state index in [1.54, 1.807) is 39.0 Å². The summed E-state index contributed by atoms with van der Waals surface area (Å²) in [7, 11) is 0. The molecular weight excluding hydrogens is 699 g/mol. The predicted molar refractivity (Wildman–Crippen MR) is 184 cm³/mol. The predicted octanol–water partition coefficient (Wildman–Crippen LogP) is 3.66. The molecule has 3 unspecified atom stereocenters. The fourth-order valence-corrected chi connectivity index (χ4v) is 4.70. The first-order valence-corrected chi connectivity index (χ1v) is 16.9. The van der Waals surface area contributed by atoms with E-state index in [0.717, 1.165) is 0 Å². The van der Waals surface area contributed by atoms with Gasteiger partial charge in [-0.05, 0) is 73.9 Å². The summed E-state index contributed by atoms with van der Waals surface area (Å²) in [6.07, 6.45) is -7.09. The summed E-state index contributed by atoms with van der Waals surface area (Å²) in [6, 6.07) is 18.1. The molecule has 0 bridgehead atoms.